The van der Waals surface area contributed by atoms with Gasteiger partial charge in [0.25, 0.3) is 0 Å². The number of esters is 1. The van der Waals surface area contributed by atoms with E-state index in [0.717, 1.165) is 0 Å². The lowest BCUT2D eigenvalue weighted by Crippen LogP contribution is -2.51. The molecule has 1 amide bonds. The summed E-state index contributed by atoms with van der Waals surface area (Å²) in [5, 5.41) is 2.53. The quantitative estimate of drug-likeness (QED) is 0.776. The lowest BCUT2D eigenvalue weighted by Gasteiger charge is -2.28. The third-order valence-electron chi connectivity index (χ3n) is 1.40. The fraction of sp³-hybridized carbons (Fsp3) is 0.857. The Morgan fingerprint density at radius 3 is 1.44 bits per heavy atom. The van der Waals surface area contributed by atoms with Gasteiger partial charge in [0.2, 0.25) is 5.91 Å². The van der Waals surface area contributed by atoms with Crippen LogP contribution >= 0.6 is 0 Å². The van der Waals surface area contributed by atoms with Crippen LogP contribution in [0.1, 0.15) is 69.2 Å². The highest BCUT2D eigenvalue weighted by Crippen LogP contribution is 2.13. The Hall–Kier alpha value is -1.06. The normalized spacial score (nSPS) is 10.1. The van der Waals surface area contributed by atoms with Crippen molar-refractivity contribution in [3.63, 3.8) is 0 Å². The van der Waals surface area contributed by atoms with Gasteiger partial charge in [0.05, 0.1) is 0 Å². The molecule has 4 nitrogen and oxygen atoms in total. The number of hydrogen-bond acceptors (Lipinski definition) is 3. The monoisotopic (exact) mass is 261 g/mol. The molecule has 0 aliphatic rings. The summed E-state index contributed by atoms with van der Waals surface area (Å²) in [7, 11) is 0. The number of carbonyl (C=O) groups excluding carboxylic acids is 2. The number of amides is 1. The van der Waals surface area contributed by atoms with E-state index in [1.54, 1.807) is 34.6 Å². The van der Waals surface area contributed by atoms with Crippen LogP contribution in [0.5, 0.6) is 0 Å². The molecule has 0 unspecified atom stereocenters. The van der Waals surface area contributed by atoms with E-state index in [2.05, 4.69) is 5.32 Å². The van der Waals surface area contributed by atoms with Crippen LogP contribution in [0.4, 0.5) is 0 Å². The molecule has 0 radical (unpaired) electrons. The molecule has 1 N–H and O–H groups in total. The third kappa shape index (κ3) is 13.0. The number of rotatable bonds is 2. The summed E-state index contributed by atoms with van der Waals surface area (Å²) in [5.41, 5.74) is -1.51. The highest BCUT2D eigenvalue weighted by Gasteiger charge is 2.32. The summed E-state index contributed by atoms with van der Waals surface area (Å²) in [6.45, 7) is 18.0. The maximum atomic E-state index is 11.6. The van der Waals surface area contributed by atoms with Gasteiger partial charge in [-0.3, -0.25) is 4.79 Å². The highest BCUT2D eigenvalue weighted by molar-refractivity contribution is 5.86. The number of nitrogens with one attached hydrogen (secondary N) is 1. The molecule has 4 heteroatoms. The first-order valence-corrected chi connectivity index (χ1v) is 6.57. The van der Waals surface area contributed by atoms with E-state index in [0.29, 0.717) is 0 Å². The second-order valence-electron chi connectivity index (χ2n) is 4.81. The van der Waals surface area contributed by atoms with E-state index < -0.39 is 17.1 Å². The Labute approximate surface area is 112 Å². The first-order chi connectivity index (χ1) is 8.04. The number of hydrogen-bond donors (Lipinski definition) is 1. The molecule has 0 fully saturated rings. The molecule has 0 spiro atoms. The molecule has 0 bridgehead atoms. The van der Waals surface area contributed by atoms with E-state index >= 15 is 0 Å². The summed E-state index contributed by atoms with van der Waals surface area (Å²) >= 11 is 0. The lowest BCUT2D eigenvalue weighted by molar-refractivity contribution is -0.163. The standard InChI is InChI=1S/C10H19NO3.2C2H6/c1-7(12)11-10(5,6)8(13)14-9(2,3)4;2*1-2/h1-6H3,(H,11,12);2*1-2H3. The van der Waals surface area contributed by atoms with Crippen LogP contribution < -0.4 is 5.32 Å². The van der Waals surface area contributed by atoms with Gasteiger partial charge in [-0.25, -0.2) is 4.79 Å². The molecule has 0 aromatic carbocycles. The summed E-state index contributed by atoms with van der Waals surface area (Å²) in [5.74, 6) is -0.680. The van der Waals surface area contributed by atoms with Gasteiger partial charge >= 0.3 is 5.97 Å². The van der Waals surface area contributed by atoms with Crippen molar-refractivity contribution in [3.05, 3.63) is 0 Å². The van der Waals surface area contributed by atoms with Gasteiger partial charge in [-0.05, 0) is 34.6 Å². The van der Waals surface area contributed by atoms with Crippen LogP contribution in [-0.4, -0.2) is 23.0 Å². The Kier molecular flexibility index (Phi) is 12.2. The minimum atomic E-state index is -0.973. The summed E-state index contributed by atoms with van der Waals surface area (Å²) in [6, 6.07) is 0. The van der Waals surface area contributed by atoms with Gasteiger partial charge in [0.1, 0.15) is 11.1 Å². The predicted molar refractivity (Wildman–Crippen MR) is 76.4 cm³/mol. The summed E-state index contributed by atoms with van der Waals surface area (Å²) in [6.07, 6.45) is 0. The molecule has 0 aliphatic heterocycles. The summed E-state index contributed by atoms with van der Waals surface area (Å²) < 4.78 is 5.15. The molecule has 0 saturated carbocycles. The maximum Gasteiger partial charge on any atom is 0.331 e. The zero-order chi connectivity index (χ0) is 15.6. The molecule has 0 saturated heterocycles. The van der Waals surface area contributed by atoms with Crippen LogP contribution in [0.15, 0.2) is 0 Å². The number of carbonyl (C=O) groups is 2. The van der Waals surface area contributed by atoms with E-state index in [9.17, 15) is 9.59 Å². The van der Waals surface area contributed by atoms with Crippen molar-refractivity contribution < 1.29 is 14.3 Å². The molecule has 110 valence electrons. The Balaban J connectivity index is -0.000000506. The van der Waals surface area contributed by atoms with Crippen molar-refractivity contribution in [2.75, 3.05) is 0 Å². The largest absolute Gasteiger partial charge is 0.458 e. The van der Waals surface area contributed by atoms with E-state index in [1.165, 1.54) is 6.92 Å². The van der Waals surface area contributed by atoms with Crippen LogP contribution in [0.2, 0.25) is 0 Å². The molecule has 0 aromatic heterocycles. The second-order valence-corrected chi connectivity index (χ2v) is 4.81. The van der Waals surface area contributed by atoms with Crippen LogP contribution in [0, 0.1) is 0 Å². The number of ether oxygens (including phenoxy) is 1. The van der Waals surface area contributed by atoms with Gasteiger partial charge in [0.15, 0.2) is 0 Å². The Bertz CT molecular complexity index is 240. The first-order valence-electron chi connectivity index (χ1n) is 6.57. The van der Waals surface area contributed by atoms with Crippen molar-refractivity contribution in [3.8, 4) is 0 Å². The van der Waals surface area contributed by atoms with Gasteiger partial charge in [-0.1, -0.05) is 27.7 Å². The average molecular weight is 261 g/mol. The molecule has 18 heavy (non-hydrogen) atoms. The molecule has 0 atom stereocenters. The molecule has 0 aromatic rings. The van der Waals surface area contributed by atoms with Gasteiger partial charge in [-0.15, -0.1) is 0 Å². The first kappa shape index (κ1) is 22.1. The average Bonchev–Trinajstić information content (AvgIpc) is 2.19. The van der Waals surface area contributed by atoms with Gasteiger partial charge in [0, 0.05) is 6.92 Å². The summed E-state index contributed by atoms with van der Waals surface area (Å²) in [4.78, 5) is 22.4. The van der Waals surface area contributed by atoms with Crippen molar-refractivity contribution in [2.24, 2.45) is 0 Å². The second kappa shape index (κ2) is 9.92. The minimum absolute atomic E-state index is 0.249. The predicted octanol–water partition coefficient (Wildman–Crippen LogP) is 3.30. The lowest BCUT2D eigenvalue weighted by atomic mass is 10.1. The van der Waals surface area contributed by atoms with Gasteiger partial charge < -0.3 is 10.1 Å². The van der Waals surface area contributed by atoms with E-state index in [4.69, 9.17) is 4.74 Å². The fourth-order valence-corrected chi connectivity index (χ4v) is 0.897. The van der Waals surface area contributed by atoms with Crippen molar-refractivity contribution >= 4 is 11.9 Å². The molecular weight excluding hydrogens is 230 g/mol. The molecule has 0 rings (SSSR count). The highest BCUT2D eigenvalue weighted by atomic mass is 16.6. The van der Waals surface area contributed by atoms with Crippen LogP contribution in [0.3, 0.4) is 0 Å². The third-order valence-corrected chi connectivity index (χ3v) is 1.40. The molecule has 0 heterocycles. The fourth-order valence-electron chi connectivity index (χ4n) is 0.897. The smallest absolute Gasteiger partial charge is 0.331 e. The van der Waals surface area contributed by atoms with Crippen molar-refractivity contribution in [1.82, 2.24) is 5.32 Å². The minimum Gasteiger partial charge on any atom is -0.458 e. The SMILES string of the molecule is CC.CC.CC(=O)NC(C)(C)C(=O)OC(C)(C)C. The van der Waals surface area contributed by atoms with Gasteiger partial charge in [-0.2, -0.15) is 0 Å². The zero-order valence-corrected chi connectivity index (χ0v) is 13.7. The van der Waals surface area contributed by atoms with Crippen LogP contribution in [-0.2, 0) is 14.3 Å². The van der Waals surface area contributed by atoms with Crippen LogP contribution in [0.25, 0.3) is 0 Å². The van der Waals surface area contributed by atoms with E-state index in [1.807, 2.05) is 27.7 Å². The zero-order valence-electron chi connectivity index (χ0n) is 13.7. The maximum absolute atomic E-state index is 11.6. The molecule has 0 aliphatic carbocycles. The Morgan fingerprint density at radius 1 is 0.889 bits per heavy atom. The topological polar surface area (TPSA) is 55.4 Å². The molecular formula is C14H31NO3. The van der Waals surface area contributed by atoms with Crippen molar-refractivity contribution in [1.29, 1.82) is 0 Å². The Morgan fingerprint density at radius 2 is 1.22 bits per heavy atom. The van der Waals surface area contributed by atoms with E-state index in [-0.39, 0.29) is 5.91 Å². The van der Waals surface area contributed by atoms with Crippen molar-refractivity contribution in [2.45, 2.75) is 80.4 Å².